The number of hydrogen-bond donors (Lipinski definition) is 2. The second kappa shape index (κ2) is 7.70. The van der Waals surface area contributed by atoms with Crippen molar-refractivity contribution in [2.75, 3.05) is 22.5 Å². The first-order valence-corrected chi connectivity index (χ1v) is 9.00. The lowest BCUT2D eigenvalue weighted by molar-refractivity contribution is -0.117. The number of nitrogens with one attached hydrogen (secondary N) is 1. The minimum absolute atomic E-state index is 0.0110. The van der Waals surface area contributed by atoms with Crippen LogP contribution in [0.5, 0.6) is 0 Å². The van der Waals surface area contributed by atoms with Crippen LogP contribution in [0, 0.1) is 0 Å². The molecule has 25 heavy (non-hydrogen) atoms. The fourth-order valence-electron chi connectivity index (χ4n) is 2.78. The molecule has 2 heterocycles. The maximum absolute atomic E-state index is 12.4. The van der Waals surface area contributed by atoms with E-state index in [-0.39, 0.29) is 12.3 Å². The summed E-state index contributed by atoms with van der Waals surface area (Å²) < 4.78 is 0. The Morgan fingerprint density at radius 3 is 2.64 bits per heavy atom. The van der Waals surface area contributed by atoms with E-state index in [1.807, 2.05) is 24.3 Å². The molecule has 1 aromatic heterocycles. The van der Waals surface area contributed by atoms with E-state index in [2.05, 4.69) is 22.2 Å². The predicted octanol–water partition coefficient (Wildman–Crippen LogP) is 3.10. The number of nitrogens with zero attached hydrogens (tertiary/aromatic N) is 3. The van der Waals surface area contributed by atoms with Crippen molar-refractivity contribution < 1.29 is 4.79 Å². The van der Waals surface area contributed by atoms with E-state index in [1.165, 1.54) is 0 Å². The molecule has 132 valence electrons. The Bertz CT molecular complexity index is 763. The van der Waals surface area contributed by atoms with Gasteiger partial charge >= 0.3 is 0 Å². The maximum Gasteiger partial charge on any atom is 0.233 e. The van der Waals surface area contributed by atoms with Crippen molar-refractivity contribution in [3.63, 3.8) is 0 Å². The van der Waals surface area contributed by atoms with E-state index in [9.17, 15) is 4.79 Å². The first-order chi connectivity index (χ1) is 12.1. The highest BCUT2D eigenvalue weighted by atomic mass is 35.5. The average molecular weight is 360 g/mol. The smallest absolute Gasteiger partial charge is 0.233 e. The summed E-state index contributed by atoms with van der Waals surface area (Å²) in [5.41, 5.74) is 8.83. The fraction of sp³-hybridized carbons (Fsp3) is 0.389. The number of carbonyl (C=O) groups is 1. The van der Waals surface area contributed by atoms with Gasteiger partial charge in [-0.1, -0.05) is 37.6 Å². The van der Waals surface area contributed by atoms with Gasteiger partial charge < -0.3 is 11.1 Å². The number of anilines is 3. The van der Waals surface area contributed by atoms with Crippen molar-refractivity contribution >= 4 is 35.1 Å². The summed E-state index contributed by atoms with van der Waals surface area (Å²) in [5.74, 6) is 1.92. The largest absolute Gasteiger partial charge is 0.383 e. The molecule has 0 saturated heterocycles. The fourth-order valence-corrected chi connectivity index (χ4v) is 2.96. The number of rotatable bonds is 7. The van der Waals surface area contributed by atoms with Gasteiger partial charge in [0.15, 0.2) is 0 Å². The molecule has 0 fully saturated rings. The summed E-state index contributed by atoms with van der Waals surface area (Å²) in [6, 6.07) is 7.90. The van der Waals surface area contributed by atoms with E-state index in [0.29, 0.717) is 35.6 Å². The highest BCUT2D eigenvalue weighted by Gasteiger charge is 2.31. The molecule has 0 atom stereocenters. The van der Waals surface area contributed by atoms with Gasteiger partial charge in [0.2, 0.25) is 11.9 Å². The molecule has 0 unspecified atom stereocenters. The van der Waals surface area contributed by atoms with Crippen molar-refractivity contribution in [3.8, 4) is 0 Å². The molecule has 7 heteroatoms. The van der Waals surface area contributed by atoms with E-state index < -0.39 is 0 Å². The molecule has 1 amide bonds. The monoisotopic (exact) mass is 359 g/mol. The molecule has 1 aliphatic rings. The summed E-state index contributed by atoms with van der Waals surface area (Å²) in [5, 5.41) is 3.18. The predicted molar refractivity (Wildman–Crippen MR) is 101 cm³/mol. The Labute approximate surface area is 152 Å². The molecule has 6 nitrogen and oxygen atoms in total. The Hall–Kier alpha value is -2.34. The van der Waals surface area contributed by atoms with Crippen LogP contribution in [0.3, 0.4) is 0 Å². The van der Waals surface area contributed by atoms with Crippen LogP contribution in [-0.4, -0.2) is 22.4 Å². The highest BCUT2D eigenvalue weighted by Crippen LogP contribution is 2.32. The van der Waals surface area contributed by atoms with Gasteiger partial charge in [-0.15, -0.1) is 11.6 Å². The quantitative estimate of drug-likeness (QED) is 0.586. The van der Waals surface area contributed by atoms with Crippen LogP contribution in [0.25, 0.3) is 0 Å². The highest BCUT2D eigenvalue weighted by molar-refractivity contribution is 6.17. The molecule has 0 aliphatic carbocycles. The summed E-state index contributed by atoms with van der Waals surface area (Å²) in [4.78, 5) is 22.9. The summed E-state index contributed by atoms with van der Waals surface area (Å²) in [7, 11) is 0. The Morgan fingerprint density at radius 1 is 1.24 bits per heavy atom. The Balaban J connectivity index is 1.83. The van der Waals surface area contributed by atoms with Gasteiger partial charge in [-0.05, 0) is 17.5 Å². The van der Waals surface area contributed by atoms with Crippen LogP contribution in [0.2, 0.25) is 0 Å². The average Bonchev–Trinajstić information content (AvgIpc) is 2.93. The summed E-state index contributed by atoms with van der Waals surface area (Å²) >= 11 is 5.82. The molecule has 0 saturated carbocycles. The number of hydrogen-bond acceptors (Lipinski definition) is 5. The number of fused-ring (bicyclic) bond motifs is 1. The number of alkyl halides is 1. The number of amides is 1. The topological polar surface area (TPSA) is 84.1 Å². The van der Waals surface area contributed by atoms with Gasteiger partial charge in [-0.3, -0.25) is 9.69 Å². The molecular formula is C18H22ClN5O. The van der Waals surface area contributed by atoms with Crippen molar-refractivity contribution in [1.82, 2.24) is 9.97 Å². The lowest BCUT2D eigenvalue weighted by Gasteiger charge is -2.17. The van der Waals surface area contributed by atoms with Crippen molar-refractivity contribution in [1.29, 1.82) is 0 Å². The van der Waals surface area contributed by atoms with E-state index in [1.54, 1.807) is 4.90 Å². The normalized spacial score (nSPS) is 13.2. The Morgan fingerprint density at radius 2 is 1.96 bits per heavy atom. The van der Waals surface area contributed by atoms with Gasteiger partial charge in [-0.25, -0.2) is 0 Å². The van der Waals surface area contributed by atoms with Crippen molar-refractivity contribution in [3.05, 3.63) is 41.0 Å². The van der Waals surface area contributed by atoms with E-state index in [0.717, 1.165) is 30.5 Å². The lowest BCUT2D eigenvalue weighted by atomic mass is 10.1. The van der Waals surface area contributed by atoms with Crippen molar-refractivity contribution in [2.24, 2.45) is 0 Å². The maximum atomic E-state index is 12.4. The van der Waals surface area contributed by atoms with Gasteiger partial charge in [-0.2, -0.15) is 9.97 Å². The standard InChI is InChI=1S/C18H22ClN5O/c1-2-3-8-21-18-22-16(20)14-9-15(25)24(17(14)23-18)11-13-6-4-12(10-19)5-7-13/h4-7H,2-3,8-11H2,1H3,(H3,20,21,22,23). The zero-order chi connectivity index (χ0) is 17.8. The van der Waals surface area contributed by atoms with Crippen LogP contribution in [0.15, 0.2) is 24.3 Å². The molecule has 0 spiro atoms. The number of unbranched alkanes of at least 4 members (excludes halogenated alkanes) is 1. The zero-order valence-corrected chi connectivity index (χ0v) is 15.0. The SMILES string of the molecule is CCCCNc1nc(N)c2c(n1)N(Cc1ccc(CCl)cc1)C(=O)C2. The number of nitrogen functional groups attached to an aromatic ring is 1. The van der Waals surface area contributed by atoms with Crippen LogP contribution in [-0.2, 0) is 23.6 Å². The van der Waals surface area contributed by atoms with Gasteiger partial charge in [0, 0.05) is 18.0 Å². The first kappa shape index (κ1) is 17.5. The Kier molecular flexibility index (Phi) is 5.38. The van der Waals surface area contributed by atoms with Crippen LogP contribution < -0.4 is 16.0 Å². The minimum Gasteiger partial charge on any atom is -0.383 e. The van der Waals surface area contributed by atoms with E-state index >= 15 is 0 Å². The van der Waals surface area contributed by atoms with Gasteiger partial charge in [0.1, 0.15) is 11.6 Å². The third-order valence-corrected chi connectivity index (χ3v) is 4.54. The molecule has 0 bridgehead atoms. The number of nitrogens with two attached hydrogens (primary N) is 1. The number of aromatic nitrogens is 2. The van der Waals surface area contributed by atoms with Crippen molar-refractivity contribution in [2.45, 2.75) is 38.6 Å². The molecule has 1 aliphatic heterocycles. The first-order valence-electron chi connectivity index (χ1n) is 8.46. The molecule has 1 aromatic carbocycles. The van der Waals surface area contributed by atoms with Gasteiger partial charge in [0.25, 0.3) is 0 Å². The minimum atomic E-state index is -0.0110. The third-order valence-electron chi connectivity index (χ3n) is 4.23. The number of benzene rings is 1. The molecule has 3 rings (SSSR count). The van der Waals surface area contributed by atoms with Gasteiger partial charge in [0.05, 0.1) is 13.0 Å². The third kappa shape index (κ3) is 3.85. The second-order valence-corrected chi connectivity index (χ2v) is 6.39. The molecule has 0 radical (unpaired) electrons. The number of carbonyl (C=O) groups excluding carboxylic acids is 1. The van der Waals surface area contributed by atoms with E-state index in [4.69, 9.17) is 17.3 Å². The van der Waals surface area contributed by atoms with Crippen LogP contribution in [0.1, 0.15) is 36.5 Å². The molecular weight excluding hydrogens is 338 g/mol. The second-order valence-electron chi connectivity index (χ2n) is 6.12. The lowest BCUT2D eigenvalue weighted by Crippen LogP contribution is -2.26. The molecule has 3 N–H and O–H groups in total. The van der Waals surface area contributed by atoms with Crippen LogP contribution >= 0.6 is 11.6 Å². The molecule has 2 aromatic rings. The number of halogens is 1. The summed E-state index contributed by atoms with van der Waals surface area (Å²) in [6.07, 6.45) is 2.35. The summed E-state index contributed by atoms with van der Waals surface area (Å²) in [6.45, 7) is 3.36. The van der Waals surface area contributed by atoms with Crippen LogP contribution in [0.4, 0.5) is 17.6 Å². The zero-order valence-electron chi connectivity index (χ0n) is 14.3.